The van der Waals surface area contributed by atoms with Crippen LogP contribution in [0.3, 0.4) is 0 Å². The van der Waals surface area contributed by atoms with Crippen LogP contribution in [0.5, 0.6) is 5.75 Å². The second-order valence-electron chi connectivity index (χ2n) is 5.56. The van der Waals surface area contributed by atoms with Crippen molar-refractivity contribution < 1.29 is 4.74 Å². The molecule has 0 fully saturated rings. The minimum Gasteiger partial charge on any atom is -0.488 e. The number of nitrogens with one attached hydrogen (secondary N) is 1. The molecular weight excluding hydrogens is 362 g/mol. The maximum atomic E-state index is 5.85. The molecule has 0 amide bonds. The van der Waals surface area contributed by atoms with Crippen LogP contribution in [0.1, 0.15) is 25.0 Å². The van der Waals surface area contributed by atoms with Gasteiger partial charge in [-0.3, -0.25) is 0 Å². The third-order valence-electron chi connectivity index (χ3n) is 3.12. The van der Waals surface area contributed by atoms with Gasteiger partial charge in [0.05, 0.1) is 4.47 Å². The number of halogens is 2. The molecule has 1 N–H and O–H groups in total. The monoisotopic (exact) mass is 383 g/mol. The van der Waals surface area contributed by atoms with Crippen LogP contribution in [0.4, 0.5) is 0 Å². The van der Waals surface area contributed by atoms with E-state index in [9.17, 15) is 0 Å². The van der Waals surface area contributed by atoms with Crippen LogP contribution in [0, 0.1) is 5.92 Å². The maximum absolute atomic E-state index is 5.85. The summed E-state index contributed by atoms with van der Waals surface area (Å²) in [6.45, 7) is 6.93. The molecule has 4 heteroatoms. The second kappa shape index (κ2) is 9.88. The van der Waals surface area contributed by atoms with Gasteiger partial charge in [-0.05, 0) is 51.7 Å². The molecule has 2 rings (SSSR count). The third kappa shape index (κ3) is 6.39. The summed E-state index contributed by atoms with van der Waals surface area (Å²) in [7, 11) is 0. The van der Waals surface area contributed by atoms with Gasteiger partial charge in [0.2, 0.25) is 0 Å². The molecule has 2 nitrogen and oxygen atoms in total. The summed E-state index contributed by atoms with van der Waals surface area (Å²) in [4.78, 5) is 0. The summed E-state index contributed by atoms with van der Waals surface area (Å²) in [5, 5.41) is 3.44. The van der Waals surface area contributed by atoms with Crippen molar-refractivity contribution in [3.63, 3.8) is 0 Å². The highest BCUT2D eigenvalue weighted by atomic mass is 79.9. The van der Waals surface area contributed by atoms with E-state index in [1.54, 1.807) is 0 Å². The van der Waals surface area contributed by atoms with E-state index >= 15 is 0 Å². The van der Waals surface area contributed by atoms with Crippen LogP contribution < -0.4 is 10.1 Å². The van der Waals surface area contributed by atoms with E-state index in [-0.39, 0.29) is 12.4 Å². The maximum Gasteiger partial charge on any atom is 0.134 e. The van der Waals surface area contributed by atoms with Gasteiger partial charge in [-0.15, -0.1) is 12.4 Å². The Balaban J connectivity index is 0.00000242. The van der Waals surface area contributed by atoms with Crippen molar-refractivity contribution in [2.24, 2.45) is 5.92 Å². The molecule has 0 atom stereocenters. The van der Waals surface area contributed by atoms with Crippen LogP contribution in [-0.4, -0.2) is 6.54 Å². The highest BCUT2D eigenvalue weighted by molar-refractivity contribution is 9.10. The van der Waals surface area contributed by atoms with Crippen LogP contribution in [0.25, 0.3) is 0 Å². The summed E-state index contributed by atoms with van der Waals surface area (Å²) in [6.07, 6.45) is 0. The predicted molar refractivity (Wildman–Crippen MR) is 98.7 cm³/mol. The highest BCUT2D eigenvalue weighted by Crippen LogP contribution is 2.26. The molecule has 0 bridgehead atoms. The Morgan fingerprint density at radius 3 is 2.41 bits per heavy atom. The first-order valence-corrected chi connectivity index (χ1v) is 8.10. The van der Waals surface area contributed by atoms with Crippen molar-refractivity contribution in [2.45, 2.75) is 27.0 Å². The standard InChI is InChI=1S/C18H22BrNO.ClH/c1-14(2)11-20-12-16-8-9-18(17(19)10-16)21-13-15-6-4-3-5-7-15;/h3-10,14,20H,11-13H2,1-2H3;1H. The molecule has 0 saturated carbocycles. The Morgan fingerprint density at radius 2 is 1.77 bits per heavy atom. The number of hydrogen-bond donors (Lipinski definition) is 1. The lowest BCUT2D eigenvalue weighted by molar-refractivity contribution is 0.304. The summed E-state index contributed by atoms with van der Waals surface area (Å²) in [5.74, 6) is 1.55. The van der Waals surface area contributed by atoms with Gasteiger partial charge in [-0.2, -0.15) is 0 Å². The number of benzene rings is 2. The number of ether oxygens (including phenoxy) is 1. The first kappa shape index (κ1) is 19.0. The molecule has 0 heterocycles. The largest absolute Gasteiger partial charge is 0.488 e. The van der Waals surface area contributed by atoms with Crippen molar-refractivity contribution >= 4 is 28.3 Å². The quantitative estimate of drug-likeness (QED) is 0.709. The van der Waals surface area contributed by atoms with Gasteiger partial charge in [-0.25, -0.2) is 0 Å². The van der Waals surface area contributed by atoms with E-state index in [1.165, 1.54) is 11.1 Å². The number of hydrogen-bond acceptors (Lipinski definition) is 2. The summed E-state index contributed by atoms with van der Waals surface area (Å²) >= 11 is 3.59. The fourth-order valence-electron chi connectivity index (χ4n) is 2.01. The molecule has 2 aromatic rings. The zero-order valence-corrected chi connectivity index (χ0v) is 15.4. The van der Waals surface area contributed by atoms with Crippen molar-refractivity contribution in [1.29, 1.82) is 0 Å². The molecular formula is C18H23BrClNO. The van der Waals surface area contributed by atoms with Crippen LogP contribution in [0.2, 0.25) is 0 Å². The molecule has 0 aliphatic rings. The minimum atomic E-state index is 0. The zero-order valence-electron chi connectivity index (χ0n) is 13.0. The van der Waals surface area contributed by atoms with Gasteiger partial charge in [0.1, 0.15) is 12.4 Å². The molecule has 2 aromatic carbocycles. The topological polar surface area (TPSA) is 21.3 Å². The Bertz CT molecular complexity index is 560. The minimum absolute atomic E-state index is 0. The predicted octanol–water partition coefficient (Wildman–Crippen LogP) is 5.20. The average molecular weight is 385 g/mol. The lowest BCUT2D eigenvalue weighted by Gasteiger charge is -2.11. The van der Waals surface area contributed by atoms with Gasteiger partial charge in [0.15, 0.2) is 0 Å². The van der Waals surface area contributed by atoms with Crippen molar-refractivity contribution in [2.75, 3.05) is 6.54 Å². The smallest absolute Gasteiger partial charge is 0.134 e. The van der Waals surface area contributed by atoms with E-state index in [0.29, 0.717) is 12.5 Å². The summed E-state index contributed by atoms with van der Waals surface area (Å²) in [5.41, 5.74) is 2.43. The highest BCUT2D eigenvalue weighted by Gasteiger charge is 2.04. The van der Waals surface area contributed by atoms with Crippen LogP contribution in [0.15, 0.2) is 53.0 Å². The number of rotatable bonds is 7. The summed E-state index contributed by atoms with van der Waals surface area (Å²) < 4.78 is 6.86. The SMILES string of the molecule is CC(C)CNCc1ccc(OCc2ccccc2)c(Br)c1.Cl. The van der Waals surface area contributed by atoms with Crippen molar-refractivity contribution in [3.05, 3.63) is 64.1 Å². The molecule has 0 unspecified atom stereocenters. The van der Waals surface area contributed by atoms with Gasteiger partial charge >= 0.3 is 0 Å². The molecule has 0 radical (unpaired) electrons. The molecule has 0 aromatic heterocycles. The Hall–Kier alpha value is -1.03. The van der Waals surface area contributed by atoms with E-state index in [0.717, 1.165) is 23.3 Å². The van der Waals surface area contributed by atoms with Crippen molar-refractivity contribution in [1.82, 2.24) is 5.32 Å². The average Bonchev–Trinajstić information content (AvgIpc) is 2.47. The van der Waals surface area contributed by atoms with Crippen molar-refractivity contribution in [3.8, 4) is 5.75 Å². The van der Waals surface area contributed by atoms with E-state index in [1.807, 2.05) is 24.3 Å². The molecule has 0 spiro atoms. The van der Waals surface area contributed by atoms with Gasteiger partial charge in [-0.1, -0.05) is 50.2 Å². The lowest BCUT2D eigenvalue weighted by atomic mass is 10.2. The van der Waals surface area contributed by atoms with E-state index < -0.39 is 0 Å². The molecule has 0 saturated heterocycles. The Labute approximate surface area is 147 Å². The molecule has 22 heavy (non-hydrogen) atoms. The fraction of sp³-hybridized carbons (Fsp3) is 0.333. The molecule has 120 valence electrons. The summed E-state index contributed by atoms with van der Waals surface area (Å²) in [6, 6.07) is 16.5. The Kier molecular flexibility index (Phi) is 8.54. The van der Waals surface area contributed by atoms with Gasteiger partial charge < -0.3 is 10.1 Å². The van der Waals surface area contributed by atoms with Gasteiger partial charge in [0.25, 0.3) is 0 Å². The first-order valence-electron chi connectivity index (χ1n) is 7.31. The molecule has 0 aliphatic heterocycles. The van der Waals surface area contributed by atoms with E-state index in [4.69, 9.17) is 4.74 Å². The van der Waals surface area contributed by atoms with Gasteiger partial charge in [0, 0.05) is 6.54 Å². The second-order valence-corrected chi connectivity index (χ2v) is 6.42. The first-order chi connectivity index (χ1) is 10.1. The van der Waals surface area contributed by atoms with Crippen LogP contribution in [-0.2, 0) is 13.2 Å². The van der Waals surface area contributed by atoms with Crippen LogP contribution >= 0.6 is 28.3 Å². The lowest BCUT2D eigenvalue weighted by Crippen LogP contribution is -2.18. The third-order valence-corrected chi connectivity index (χ3v) is 3.73. The fourth-order valence-corrected chi connectivity index (χ4v) is 2.55. The molecule has 0 aliphatic carbocycles. The normalized spacial score (nSPS) is 10.4. The van der Waals surface area contributed by atoms with E-state index in [2.05, 4.69) is 59.4 Å². The Morgan fingerprint density at radius 1 is 1.05 bits per heavy atom. The zero-order chi connectivity index (χ0) is 15.1.